The number of sulfonamides is 1. The Bertz CT molecular complexity index is 681. The first-order chi connectivity index (χ1) is 9.08. The average molecular weight is 315 g/mol. The van der Waals surface area contributed by atoms with Gasteiger partial charge in [-0.3, -0.25) is 4.72 Å². The molecule has 0 spiro atoms. The number of fused-ring (bicyclic) bond motifs is 1. The first kappa shape index (κ1) is 13.0. The van der Waals surface area contributed by atoms with E-state index in [-0.39, 0.29) is 4.21 Å². The molecule has 0 aliphatic heterocycles. The molecule has 3 N–H and O–H groups in total. The first-order valence-corrected chi connectivity index (χ1v) is 9.05. The predicted molar refractivity (Wildman–Crippen MR) is 77.2 cm³/mol. The maximum absolute atomic E-state index is 12.2. The van der Waals surface area contributed by atoms with Crippen molar-refractivity contribution in [3.63, 3.8) is 0 Å². The Morgan fingerprint density at radius 3 is 2.95 bits per heavy atom. The first-order valence-electron chi connectivity index (χ1n) is 5.87. The molecule has 0 fully saturated rings. The van der Waals surface area contributed by atoms with Gasteiger partial charge in [0.2, 0.25) is 0 Å². The van der Waals surface area contributed by atoms with E-state index < -0.39 is 10.0 Å². The number of anilines is 1. The molecular weight excluding hydrogens is 302 g/mol. The number of hydrogen-bond donors (Lipinski definition) is 2. The van der Waals surface area contributed by atoms with Crippen molar-refractivity contribution >= 4 is 37.8 Å². The van der Waals surface area contributed by atoms with E-state index in [1.54, 1.807) is 11.4 Å². The van der Waals surface area contributed by atoms with Crippen LogP contribution in [0.25, 0.3) is 0 Å². The van der Waals surface area contributed by atoms with Crippen molar-refractivity contribution in [2.24, 2.45) is 5.73 Å². The normalized spacial score (nSPS) is 14.6. The summed E-state index contributed by atoms with van der Waals surface area (Å²) in [5.41, 5.74) is 7.35. The van der Waals surface area contributed by atoms with E-state index >= 15 is 0 Å². The monoisotopic (exact) mass is 315 g/mol. The molecule has 0 saturated heterocycles. The molecule has 1 aliphatic rings. The van der Waals surface area contributed by atoms with Crippen LogP contribution in [-0.4, -0.2) is 13.4 Å². The Labute approximate surface area is 119 Å². The molecule has 0 aromatic carbocycles. The minimum Gasteiger partial charge on any atom is -0.326 e. The molecule has 2 aromatic heterocycles. The summed E-state index contributed by atoms with van der Waals surface area (Å²) in [5.74, 6) is 0. The van der Waals surface area contributed by atoms with E-state index in [1.165, 1.54) is 27.6 Å². The summed E-state index contributed by atoms with van der Waals surface area (Å²) < 4.78 is 27.2. The molecule has 5 nitrogen and oxygen atoms in total. The SMILES string of the molecule is NCc1csc(S(=O)(=O)Nc2nc3c(s2)CCC3)c1. The van der Waals surface area contributed by atoms with Crippen molar-refractivity contribution in [1.82, 2.24) is 4.98 Å². The van der Waals surface area contributed by atoms with E-state index in [4.69, 9.17) is 5.73 Å². The zero-order chi connectivity index (χ0) is 13.5. The largest absolute Gasteiger partial charge is 0.326 e. The van der Waals surface area contributed by atoms with Crippen molar-refractivity contribution < 1.29 is 8.42 Å². The van der Waals surface area contributed by atoms with Gasteiger partial charge in [-0.2, -0.15) is 0 Å². The Morgan fingerprint density at radius 1 is 1.42 bits per heavy atom. The summed E-state index contributed by atoms with van der Waals surface area (Å²) in [7, 11) is -3.53. The van der Waals surface area contributed by atoms with E-state index in [9.17, 15) is 8.42 Å². The van der Waals surface area contributed by atoms with Crippen molar-refractivity contribution in [3.05, 3.63) is 27.6 Å². The van der Waals surface area contributed by atoms with Gasteiger partial charge in [-0.1, -0.05) is 0 Å². The van der Waals surface area contributed by atoms with E-state index in [0.717, 1.165) is 30.5 Å². The molecule has 0 amide bonds. The number of nitrogens with zero attached hydrogens (tertiary/aromatic N) is 1. The van der Waals surface area contributed by atoms with Crippen LogP contribution in [0.3, 0.4) is 0 Å². The lowest BCUT2D eigenvalue weighted by Gasteiger charge is -2.01. The highest BCUT2D eigenvalue weighted by molar-refractivity contribution is 7.94. The van der Waals surface area contributed by atoms with E-state index in [0.29, 0.717) is 11.7 Å². The van der Waals surface area contributed by atoms with Crippen molar-refractivity contribution in [1.29, 1.82) is 0 Å². The second-order valence-electron chi connectivity index (χ2n) is 4.33. The maximum atomic E-state index is 12.2. The van der Waals surface area contributed by atoms with Gasteiger partial charge in [-0.25, -0.2) is 13.4 Å². The van der Waals surface area contributed by atoms with Crippen LogP contribution in [0.15, 0.2) is 15.7 Å². The second kappa shape index (κ2) is 4.86. The molecule has 8 heteroatoms. The van der Waals surface area contributed by atoms with Crippen molar-refractivity contribution in [2.75, 3.05) is 4.72 Å². The Hall–Kier alpha value is -0.960. The highest BCUT2D eigenvalue weighted by atomic mass is 32.2. The van der Waals surface area contributed by atoms with Gasteiger partial charge >= 0.3 is 0 Å². The molecule has 0 unspecified atom stereocenters. The molecule has 19 heavy (non-hydrogen) atoms. The average Bonchev–Trinajstić information content (AvgIpc) is 3.01. The number of nitrogens with two attached hydrogens (primary N) is 1. The molecule has 2 heterocycles. The topological polar surface area (TPSA) is 85.1 Å². The van der Waals surface area contributed by atoms with Crippen LogP contribution in [0, 0.1) is 0 Å². The molecule has 102 valence electrons. The summed E-state index contributed by atoms with van der Waals surface area (Å²) >= 11 is 2.61. The molecule has 3 rings (SSSR count). The summed E-state index contributed by atoms with van der Waals surface area (Å²) in [5, 5.41) is 2.23. The lowest BCUT2D eigenvalue weighted by Crippen LogP contribution is -2.11. The highest BCUT2D eigenvalue weighted by Crippen LogP contribution is 2.32. The maximum Gasteiger partial charge on any atom is 0.273 e. The lowest BCUT2D eigenvalue weighted by atomic mass is 10.4. The fourth-order valence-electron chi connectivity index (χ4n) is 2.00. The Balaban J connectivity index is 1.84. The van der Waals surface area contributed by atoms with Crippen LogP contribution in [0.4, 0.5) is 5.13 Å². The van der Waals surface area contributed by atoms with Crippen LogP contribution < -0.4 is 10.5 Å². The minimum atomic E-state index is -3.53. The molecule has 2 aromatic rings. The Morgan fingerprint density at radius 2 is 2.26 bits per heavy atom. The zero-order valence-electron chi connectivity index (χ0n) is 10.0. The minimum absolute atomic E-state index is 0.281. The molecule has 0 bridgehead atoms. The van der Waals surface area contributed by atoms with Crippen LogP contribution in [0.5, 0.6) is 0 Å². The number of thiazole rings is 1. The number of aryl methyl sites for hydroxylation is 2. The van der Waals surface area contributed by atoms with E-state index in [1.807, 2.05) is 0 Å². The molecule has 0 atom stereocenters. The standard InChI is InChI=1S/C11H13N3O2S3/c12-5-7-4-10(17-6-7)19(15,16)14-11-13-8-2-1-3-9(8)18-11/h4,6H,1-3,5,12H2,(H,13,14). The fraction of sp³-hybridized carbons (Fsp3) is 0.364. The molecular formula is C11H13N3O2S3. The number of rotatable bonds is 4. The predicted octanol–water partition coefficient (Wildman–Crippen LogP) is 1.95. The van der Waals surface area contributed by atoms with Crippen LogP contribution in [-0.2, 0) is 29.4 Å². The Kier molecular flexibility index (Phi) is 3.34. The lowest BCUT2D eigenvalue weighted by molar-refractivity contribution is 0.603. The third kappa shape index (κ3) is 2.53. The second-order valence-corrected chi connectivity index (χ2v) is 8.23. The number of nitrogens with one attached hydrogen (secondary N) is 1. The summed E-state index contributed by atoms with van der Waals surface area (Å²) in [6, 6.07) is 1.61. The number of thiophene rings is 1. The van der Waals surface area contributed by atoms with Gasteiger partial charge in [-0.15, -0.1) is 22.7 Å². The van der Waals surface area contributed by atoms with E-state index in [2.05, 4.69) is 9.71 Å². The van der Waals surface area contributed by atoms with Gasteiger partial charge < -0.3 is 5.73 Å². The van der Waals surface area contributed by atoms with Gasteiger partial charge in [0.15, 0.2) is 5.13 Å². The highest BCUT2D eigenvalue weighted by Gasteiger charge is 2.22. The number of hydrogen-bond acceptors (Lipinski definition) is 6. The zero-order valence-corrected chi connectivity index (χ0v) is 12.5. The van der Waals surface area contributed by atoms with Gasteiger partial charge in [0, 0.05) is 11.4 Å². The van der Waals surface area contributed by atoms with Gasteiger partial charge in [0.25, 0.3) is 10.0 Å². The summed E-state index contributed by atoms with van der Waals surface area (Å²) in [4.78, 5) is 5.54. The molecule has 0 saturated carbocycles. The van der Waals surface area contributed by atoms with Crippen molar-refractivity contribution in [3.8, 4) is 0 Å². The van der Waals surface area contributed by atoms with Crippen LogP contribution >= 0.6 is 22.7 Å². The van der Waals surface area contributed by atoms with Gasteiger partial charge in [0.1, 0.15) is 4.21 Å². The smallest absolute Gasteiger partial charge is 0.273 e. The van der Waals surface area contributed by atoms with Gasteiger partial charge in [-0.05, 0) is 36.3 Å². The quantitative estimate of drug-likeness (QED) is 0.903. The summed E-state index contributed by atoms with van der Waals surface area (Å²) in [6.45, 7) is 0.345. The third-order valence-electron chi connectivity index (χ3n) is 2.95. The van der Waals surface area contributed by atoms with Crippen LogP contribution in [0.2, 0.25) is 0 Å². The third-order valence-corrected chi connectivity index (χ3v) is 6.98. The van der Waals surface area contributed by atoms with Gasteiger partial charge in [0.05, 0.1) is 5.69 Å². The summed E-state index contributed by atoms with van der Waals surface area (Å²) in [6.07, 6.45) is 3.07. The molecule has 0 radical (unpaired) electrons. The fourth-order valence-corrected chi connectivity index (χ4v) is 5.51. The van der Waals surface area contributed by atoms with Crippen molar-refractivity contribution in [2.45, 2.75) is 30.0 Å². The number of aromatic nitrogens is 1. The van der Waals surface area contributed by atoms with Crippen LogP contribution in [0.1, 0.15) is 22.6 Å². The molecule has 1 aliphatic carbocycles.